The van der Waals surface area contributed by atoms with Gasteiger partial charge < -0.3 is 14.6 Å². The molecule has 1 aromatic heterocycles. The fourth-order valence-corrected chi connectivity index (χ4v) is 4.63. The predicted octanol–water partition coefficient (Wildman–Crippen LogP) is 3.64. The number of rotatable bonds is 6. The van der Waals surface area contributed by atoms with Crippen LogP contribution < -0.4 is 15.0 Å². The Balaban J connectivity index is 1.46. The molecule has 1 atom stereocenters. The molecule has 160 valence electrons. The quantitative estimate of drug-likeness (QED) is 0.373. The fraction of sp³-hybridized carbons (Fsp3) is 0.238. The lowest BCUT2D eigenvalue weighted by molar-refractivity contribution is -0.121. The van der Waals surface area contributed by atoms with Crippen molar-refractivity contribution in [2.24, 2.45) is 7.05 Å². The van der Waals surface area contributed by atoms with E-state index in [1.54, 1.807) is 4.90 Å². The number of thioether (sulfide) groups is 1. The second-order valence-corrected chi connectivity index (χ2v) is 9.13. The summed E-state index contributed by atoms with van der Waals surface area (Å²) in [6, 6.07) is 14.7. The van der Waals surface area contributed by atoms with Gasteiger partial charge in [0.05, 0.1) is 17.5 Å². The van der Waals surface area contributed by atoms with Crippen molar-refractivity contribution in [1.82, 2.24) is 14.8 Å². The number of benzene rings is 2. The third kappa shape index (κ3) is 4.69. The van der Waals surface area contributed by atoms with Crippen LogP contribution in [0.1, 0.15) is 18.8 Å². The Bertz CT molecular complexity index is 1140. The highest BCUT2D eigenvalue weighted by molar-refractivity contribution is 14.1. The van der Waals surface area contributed by atoms with Crippen LogP contribution >= 0.6 is 34.4 Å². The molecule has 0 saturated carbocycles. The van der Waals surface area contributed by atoms with Gasteiger partial charge in [0.15, 0.2) is 17.6 Å². The lowest BCUT2D eigenvalue weighted by atomic mass is 10.1. The van der Waals surface area contributed by atoms with Gasteiger partial charge in [-0.25, -0.2) is 0 Å². The van der Waals surface area contributed by atoms with Crippen LogP contribution in [0.15, 0.2) is 53.7 Å². The average Bonchev–Trinajstić information content (AvgIpc) is 3.12. The summed E-state index contributed by atoms with van der Waals surface area (Å²) in [7, 11) is 1.84. The zero-order chi connectivity index (χ0) is 22.0. The van der Waals surface area contributed by atoms with Gasteiger partial charge in [0.1, 0.15) is 5.75 Å². The van der Waals surface area contributed by atoms with E-state index in [2.05, 4.69) is 38.1 Å². The molecule has 4 rings (SSSR count). The topological polar surface area (TPSA) is 89.4 Å². The van der Waals surface area contributed by atoms with Gasteiger partial charge in [0.25, 0.3) is 5.91 Å². The summed E-state index contributed by atoms with van der Waals surface area (Å²) < 4.78 is 8.39. The highest BCUT2D eigenvalue weighted by Crippen LogP contribution is 2.37. The minimum atomic E-state index is -0.343. The number of carbonyl (C=O) groups excluding carboxylic acids is 2. The van der Waals surface area contributed by atoms with Crippen molar-refractivity contribution in [3.05, 3.63) is 57.9 Å². The Morgan fingerprint density at radius 1 is 1.26 bits per heavy atom. The summed E-state index contributed by atoms with van der Waals surface area (Å²) in [4.78, 5) is 26.6. The summed E-state index contributed by atoms with van der Waals surface area (Å²) in [5, 5.41) is 12.0. The zero-order valence-electron chi connectivity index (χ0n) is 16.9. The van der Waals surface area contributed by atoms with E-state index in [-0.39, 0.29) is 30.2 Å². The molecule has 8 nitrogen and oxygen atoms in total. The van der Waals surface area contributed by atoms with E-state index in [0.717, 1.165) is 9.26 Å². The number of hydrogen-bond donors (Lipinski definition) is 1. The maximum Gasteiger partial charge on any atom is 0.265 e. The number of halogens is 1. The number of ether oxygens (including phenoxy) is 1. The van der Waals surface area contributed by atoms with E-state index in [9.17, 15) is 9.59 Å². The Labute approximate surface area is 197 Å². The Morgan fingerprint density at radius 3 is 2.87 bits per heavy atom. The smallest absolute Gasteiger partial charge is 0.265 e. The molecule has 1 unspecified atom stereocenters. The van der Waals surface area contributed by atoms with Gasteiger partial charge in [0.2, 0.25) is 5.91 Å². The molecule has 3 aromatic rings. The molecule has 2 aromatic carbocycles. The molecule has 0 saturated heterocycles. The number of anilines is 2. The van der Waals surface area contributed by atoms with Crippen molar-refractivity contribution in [3.8, 4) is 5.75 Å². The van der Waals surface area contributed by atoms with Crippen molar-refractivity contribution in [1.29, 1.82) is 0 Å². The standard InChI is InChI=1S/C21H20IN5O3S/c1-13(27-16-8-3-4-9-17(16)30-11-19(27)29)20-24-25-21(26(20)2)31-12-18(28)23-15-7-5-6-14(22)10-15/h3-10,13H,11-12H2,1-2H3,(H,23,28). The van der Waals surface area contributed by atoms with Crippen LogP contribution in [0.5, 0.6) is 5.75 Å². The summed E-state index contributed by atoms with van der Waals surface area (Å²) in [5.74, 6) is 1.23. The summed E-state index contributed by atoms with van der Waals surface area (Å²) in [5.41, 5.74) is 1.47. The van der Waals surface area contributed by atoms with Crippen molar-refractivity contribution in [3.63, 3.8) is 0 Å². The maximum atomic E-state index is 12.6. The van der Waals surface area contributed by atoms with Crippen molar-refractivity contribution in [2.45, 2.75) is 18.1 Å². The molecule has 0 bridgehead atoms. The highest BCUT2D eigenvalue weighted by Gasteiger charge is 2.32. The number of amides is 2. The first-order valence-corrected chi connectivity index (χ1v) is 11.6. The third-order valence-electron chi connectivity index (χ3n) is 4.81. The third-order valence-corrected chi connectivity index (χ3v) is 6.51. The molecule has 1 aliphatic heterocycles. The van der Waals surface area contributed by atoms with Crippen molar-refractivity contribution >= 4 is 57.5 Å². The lowest BCUT2D eigenvalue weighted by Gasteiger charge is -2.33. The van der Waals surface area contributed by atoms with E-state index < -0.39 is 0 Å². The molecule has 0 radical (unpaired) electrons. The summed E-state index contributed by atoms with van der Waals surface area (Å²) >= 11 is 3.50. The van der Waals surface area contributed by atoms with Gasteiger partial charge in [-0.15, -0.1) is 10.2 Å². The average molecular weight is 549 g/mol. The molecular weight excluding hydrogens is 529 g/mol. The van der Waals surface area contributed by atoms with Crippen LogP contribution in [0, 0.1) is 3.57 Å². The largest absolute Gasteiger partial charge is 0.482 e. The molecular formula is C21H20IN5O3S. The Hall–Kier alpha value is -2.60. The molecule has 2 amide bonds. The van der Waals surface area contributed by atoms with Crippen LogP contribution in [0.25, 0.3) is 0 Å². The fourth-order valence-electron chi connectivity index (χ4n) is 3.37. The van der Waals surface area contributed by atoms with Crippen molar-refractivity contribution in [2.75, 3.05) is 22.6 Å². The number of nitrogens with one attached hydrogen (secondary N) is 1. The van der Waals surface area contributed by atoms with Crippen LogP contribution in [0.4, 0.5) is 11.4 Å². The second-order valence-electron chi connectivity index (χ2n) is 6.94. The van der Waals surface area contributed by atoms with Gasteiger partial charge in [-0.3, -0.25) is 14.5 Å². The van der Waals surface area contributed by atoms with E-state index in [4.69, 9.17) is 4.74 Å². The van der Waals surface area contributed by atoms with Crippen LogP contribution in [0.2, 0.25) is 0 Å². The van der Waals surface area contributed by atoms with Gasteiger partial charge in [-0.1, -0.05) is 30.0 Å². The molecule has 10 heteroatoms. The minimum absolute atomic E-state index is 0.0145. The first-order chi connectivity index (χ1) is 14.9. The number of carbonyl (C=O) groups is 2. The number of para-hydroxylation sites is 2. The van der Waals surface area contributed by atoms with Crippen LogP contribution in [0.3, 0.4) is 0 Å². The van der Waals surface area contributed by atoms with Crippen molar-refractivity contribution < 1.29 is 14.3 Å². The normalized spacial score (nSPS) is 14.0. The molecule has 0 aliphatic carbocycles. The maximum absolute atomic E-state index is 12.6. The van der Waals surface area contributed by atoms with Gasteiger partial charge in [-0.05, 0) is 59.8 Å². The zero-order valence-corrected chi connectivity index (χ0v) is 19.9. The molecule has 31 heavy (non-hydrogen) atoms. The van der Waals surface area contributed by atoms with E-state index in [0.29, 0.717) is 22.4 Å². The number of nitrogens with zero attached hydrogens (tertiary/aromatic N) is 4. The SMILES string of the molecule is CC(c1nnc(SCC(=O)Nc2cccc(I)c2)n1C)N1C(=O)COc2ccccc21. The molecule has 0 fully saturated rings. The molecule has 1 N–H and O–H groups in total. The van der Waals surface area contributed by atoms with Crippen LogP contribution in [-0.2, 0) is 16.6 Å². The van der Waals surface area contributed by atoms with Gasteiger partial charge in [-0.2, -0.15) is 0 Å². The first kappa shape index (κ1) is 21.6. The summed E-state index contributed by atoms with van der Waals surface area (Å²) in [6.07, 6.45) is 0. The summed E-state index contributed by atoms with van der Waals surface area (Å²) in [6.45, 7) is 1.89. The predicted molar refractivity (Wildman–Crippen MR) is 127 cm³/mol. The number of aromatic nitrogens is 3. The molecule has 0 spiro atoms. The Kier molecular flexibility index (Phi) is 6.46. The van der Waals surface area contributed by atoms with Gasteiger partial charge in [0, 0.05) is 16.3 Å². The first-order valence-electron chi connectivity index (χ1n) is 9.55. The second kappa shape index (κ2) is 9.27. The Morgan fingerprint density at radius 2 is 2.06 bits per heavy atom. The minimum Gasteiger partial charge on any atom is -0.482 e. The number of hydrogen-bond acceptors (Lipinski definition) is 6. The number of fused-ring (bicyclic) bond motifs is 1. The molecule has 1 aliphatic rings. The van der Waals surface area contributed by atoms with E-state index in [1.165, 1.54) is 11.8 Å². The lowest BCUT2D eigenvalue weighted by Crippen LogP contribution is -2.41. The van der Waals surface area contributed by atoms with Gasteiger partial charge >= 0.3 is 0 Å². The van der Waals surface area contributed by atoms with E-state index in [1.807, 2.05) is 67.1 Å². The molecule has 2 heterocycles. The van der Waals surface area contributed by atoms with E-state index >= 15 is 0 Å². The van der Waals surface area contributed by atoms with Crippen LogP contribution in [-0.4, -0.2) is 38.9 Å². The monoisotopic (exact) mass is 549 g/mol. The highest BCUT2D eigenvalue weighted by atomic mass is 127.